The molecule has 0 radical (unpaired) electrons. The molecule has 230 valence electrons. The second kappa shape index (κ2) is 17.4. The van der Waals surface area contributed by atoms with Gasteiger partial charge in [-0.2, -0.15) is 0 Å². The first kappa shape index (κ1) is 31.4. The van der Waals surface area contributed by atoms with E-state index in [9.17, 15) is 0 Å². The van der Waals surface area contributed by atoms with Crippen LogP contribution in [0.25, 0.3) is 0 Å². The van der Waals surface area contributed by atoms with Crippen LogP contribution in [0.2, 0.25) is 18.5 Å². The summed E-state index contributed by atoms with van der Waals surface area (Å²) in [5.74, 6) is 4.03. The zero-order chi connectivity index (χ0) is 27.4. The van der Waals surface area contributed by atoms with Gasteiger partial charge in [-0.05, 0) is 49.8 Å². The average molecular weight is 552 g/mol. The van der Waals surface area contributed by atoms with Crippen LogP contribution in [0.4, 0.5) is 0 Å². The SMILES string of the molecule is CB(C1CCCCCCCCC1)C1CCCCCCCC1N1C2CCCCCCCC(C2)C2CCCCCCC21. The molecule has 1 aliphatic heterocycles. The van der Waals surface area contributed by atoms with Crippen LogP contribution in [0.5, 0.6) is 0 Å². The fraction of sp³-hybridized carbons (Fsp3) is 1.00. The molecule has 1 saturated heterocycles. The van der Waals surface area contributed by atoms with Crippen LogP contribution >= 0.6 is 0 Å². The molecular formula is C38H70BN. The van der Waals surface area contributed by atoms with Crippen molar-refractivity contribution >= 4 is 6.71 Å². The van der Waals surface area contributed by atoms with Gasteiger partial charge in [0.2, 0.25) is 0 Å². The molecule has 6 unspecified atom stereocenters. The van der Waals surface area contributed by atoms with Crippen molar-refractivity contribution in [3.05, 3.63) is 0 Å². The first-order valence-corrected chi connectivity index (χ1v) is 19.6. The molecule has 0 amide bonds. The Morgan fingerprint density at radius 2 is 0.875 bits per heavy atom. The van der Waals surface area contributed by atoms with Gasteiger partial charge in [-0.1, -0.05) is 173 Å². The fourth-order valence-electron chi connectivity index (χ4n) is 11.1. The van der Waals surface area contributed by atoms with Crippen molar-refractivity contribution in [3.63, 3.8) is 0 Å². The lowest BCUT2D eigenvalue weighted by molar-refractivity contribution is -0.0531. The quantitative estimate of drug-likeness (QED) is 0.315. The van der Waals surface area contributed by atoms with Gasteiger partial charge in [0.05, 0.1) is 0 Å². The normalized spacial score (nSPS) is 37.4. The maximum Gasteiger partial charge on any atom is 0.145 e. The van der Waals surface area contributed by atoms with Crippen LogP contribution < -0.4 is 0 Å². The van der Waals surface area contributed by atoms with Crippen LogP contribution in [-0.2, 0) is 0 Å². The Kier molecular flexibility index (Phi) is 13.6. The summed E-state index contributed by atoms with van der Waals surface area (Å²) in [6.07, 6.45) is 45.8. The monoisotopic (exact) mass is 552 g/mol. The topological polar surface area (TPSA) is 3.24 Å². The molecule has 1 heterocycles. The lowest BCUT2D eigenvalue weighted by Crippen LogP contribution is -2.60. The van der Waals surface area contributed by atoms with Crippen LogP contribution in [0, 0.1) is 11.8 Å². The van der Waals surface area contributed by atoms with Crippen LogP contribution in [-0.4, -0.2) is 29.7 Å². The van der Waals surface area contributed by atoms with E-state index in [1.807, 2.05) is 0 Å². The average Bonchev–Trinajstić information content (AvgIpc) is 3.08. The Morgan fingerprint density at radius 1 is 0.425 bits per heavy atom. The number of hydrogen-bond acceptors (Lipinski definition) is 1. The molecule has 5 fully saturated rings. The summed E-state index contributed by atoms with van der Waals surface area (Å²) in [5, 5.41) is 0. The van der Waals surface area contributed by atoms with Gasteiger partial charge in [-0.25, -0.2) is 0 Å². The molecule has 6 atom stereocenters. The zero-order valence-electron chi connectivity index (χ0n) is 27.3. The maximum atomic E-state index is 3.42. The van der Waals surface area contributed by atoms with E-state index in [4.69, 9.17) is 0 Å². The second-order valence-electron chi connectivity index (χ2n) is 15.9. The number of nitrogens with zero attached hydrogens (tertiary/aromatic N) is 1. The standard InChI is InChI=1S/C38H70BN/c1-39(33-24-16-8-3-2-4-9-17-25-33)36-28-20-11-6-12-22-30-38(36)40-34-26-18-10-5-7-15-23-32(31-34)35-27-19-13-14-21-29-37(35)40/h32-38H,2-31H2,1H3. The minimum absolute atomic E-state index is 0.893. The summed E-state index contributed by atoms with van der Waals surface area (Å²) >= 11 is 0. The molecule has 0 aromatic rings. The summed E-state index contributed by atoms with van der Waals surface area (Å²) in [7, 11) is 0. The number of likely N-dealkylation sites (tertiary alicyclic amines) is 1. The minimum atomic E-state index is 0.893. The van der Waals surface area contributed by atoms with Crippen molar-refractivity contribution in [2.45, 2.75) is 229 Å². The Morgan fingerprint density at radius 3 is 1.50 bits per heavy atom. The van der Waals surface area contributed by atoms with E-state index in [1.54, 1.807) is 44.9 Å². The highest BCUT2D eigenvalue weighted by atomic mass is 15.2. The summed E-state index contributed by atoms with van der Waals surface area (Å²) < 4.78 is 0. The largest absolute Gasteiger partial charge is 0.295 e. The van der Waals surface area contributed by atoms with Crippen LogP contribution in [0.1, 0.15) is 193 Å². The van der Waals surface area contributed by atoms with Crippen molar-refractivity contribution in [1.82, 2.24) is 4.90 Å². The Balaban J connectivity index is 1.44. The van der Waals surface area contributed by atoms with Crippen molar-refractivity contribution in [2.75, 3.05) is 0 Å². The number of piperidine rings is 1. The van der Waals surface area contributed by atoms with Gasteiger partial charge in [0.1, 0.15) is 6.71 Å². The van der Waals surface area contributed by atoms with Crippen molar-refractivity contribution < 1.29 is 0 Å². The molecular weight excluding hydrogens is 481 g/mol. The smallest absolute Gasteiger partial charge is 0.145 e. The number of fused-ring (bicyclic) bond motifs is 4. The van der Waals surface area contributed by atoms with E-state index < -0.39 is 0 Å². The van der Waals surface area contributed by atoms with E-state index >= 15 is 0 Å². The van der Waals surface area contributed by atoms with Crippen molar-refractivity contribution in [2.24, 2.45) is 11.8 Å². The first-order chi connectivity index (χ1) is 19.8. The van der Waals surface area contributed by atoms with E-state index in [-0.39, 0.29) is 0 Å². The second-order valence-corrected chi connectivity index (χ2v) is 15.9. The third kappa shape index (κ3) is 8.79. The third-order valence-electron chi connectivity index (χ3n) is 13.4. The highest BCUT2D eigenvalue weighted by Gasteiger charge is 2.47. The lowest BCUT2D eigenvalue weighted by Gasteiger charge is -2.57. The molecule has 0 aromatic carbocycles. The highest BCUT2D eigenvalue weighted by molar-refractivity contribution is 6.60. The summed E-state index contributed by atoms with van der Waals surface area (Å²) in [4.78, 5) is 3.42. The number of hydrogen-bond donors (Lipinski definition) is 0. The van der Waals surface area contributed by atoms with Gasteiger partial charge in [-0.3, -0.25) is 4.90 Å². The fourth-order valence-corrected chi connectivity index (χ4v) is 11.1. The third-order valence-corrected chi connectivity index (χ3v) is 13.4. The van der Waals surface area contributed by atoms with Gasteiger partial charge >= 0.3 is 0 Å². The first-order valence-electron chi connectivity index (χ1n) is 19.6. The molecule has 5 aliphatic rings. The molecule has 0 spiro atoms. The molecule has 0 aromatic heterocycles. The maximum absolute atomic E-state index is 3.42. The lowest BCUT2D eigenvalue weighted by atomic mass is 9.32. The molecule has 4 saturated carbocycles. The van der Waals surface area contributed by atoms with E-state index in [1.165, 1.54) is 148 Å². The van der Waals surface area contributed by atoms with Gasteiger partial charge in [0.15, 0.2) is 0 Å². The molecule has 0 N–H and O–H groups in total. The van der Waals surface area contributed by atoms with Gasteiger partial charge in [0.25, 0.3) is 0 Å². The van der Waals surface area contributed by atoms with Crippen molar-refractivity contribution in [3.8, 4) is 0 Å². The van der Waals surface area contributed by atoms with E-state index in [2.05, 4.69) is 11.7 Å². The predicted molar refractivity (Wildman–Crippen MR) is 178 cm³/mol. The Hall–Kier alpha value is 0.0249. The van der Waals surface area contributed by atoms with Crippen molar-refractivity contribution in [1.29, 1.82) is 0 Å². The minimum Gasteiger partial charge on any atom is -0.295 e. The molecule has 40 heavy (non-hydrogen) atoms. The van der Waals surface area contributed by atoms with Crippen LogP contribution in [0.3, 0.4) is 0 Å². The summed E-state index contributed by atoms with van der Waals surface area (Å²) in [6, 6.07) is 2.73. The highest BCUT2D eigenvalue weighted by Crippen LogP contribution is 2.49. The molecule has 5 rings (SSSR count). The van der Waals surface area contributed by atoms with Crippen LogP contribution in [0.15, 0.2) is 0 Å². The summed E-state index contributed by atoms with van der Waals surface area (Å²) in [5.41, 5.74) is 0. The molecule has 2 bridgehead atoms. The number of rotatable bonds is 3. The van der Waals surface area contributed by atoms with Gasteiger partial charge in [0, 0.05) is 18.1 Å². The van der Waals surface area contributed by atoms with E-state index in [0.29, 0.717) is 0 Å². The molecule has 2 heteroatoms. The molecule has 4 aliphatic carbocycles. The van der Waals surface area contributed by atoms with Gasteiger partial charge < -0.3 is 0 Å². The zero-order valence-corrected chi connectivity index (χ0v) is 27.3. The Bertz CT molecular complexity index is 668. The van der Waals surface area contributed by atoms with Gasteiger partial charge in [-0.15, -0.1) is 0 Å². The summed E-state index contributed by atoms with van der Waals surface area (Å²) in [6.45, 7) is 3.73. The van der Waals surface area contributed by atoms with E-state index in [0.717, 1.165) is 48.3 Å². The predicted octanol–water partition coefficient (Wildman–Crippen LogP) is 12.3. The molecule has 1 nitrogen and oxygen atoms in total. The Labute approximate surface area is 252 Å².